The normalized spacial score (nSPS) is 21.6. The molecule has 3 heteroatoms. The van der Waals surface area contributed by atoms with Crippen LogP contribution < -0.4 is 5.32 Å². The van der Waals surface area contributed by atoms with Crippen molar-refractivity contribution < 1.29 is 9.18 Å². The zero-order valence-corrected chi connectivity index (χ0v) is 9.00. The number of nitrogens with one attached hydrogen (secondary N) is 1. The molecule has 2 aliphatic rings. The maximum Gasteiger partial charge on any atom is 0.230 e. The Hall–Kier alpha value is -1.38. The Morgan fingerprint density at radius 2 is 2.00 bits per heavy atom. The summed E-state index contributed by atoms with van der Waals surface area (Å²) in [6, 6.07) is 6.96. The predicted molar refractivity (Wildman–Crippen MR) is 58.5 cm³/mol. The van der Waals surface area contributed by atoms with Gasteiger partial charge in [-0.3, -0.25) is 4.79 Å². The first-order valence-corrected chi connectivity index (χ1v) is 5.78. The molecule has 1 aromatic carbocycles. The highest BCUT2D eigenvalue weighted by atomic mass is 19.1. The van der Waals surface area contributed by atoms with Crippen LogP contribution in [0, 0.1) is 5.82 Å². The first-order valence-electron chi connectivity index (χ1n) is 5.78. The summed E-state index contributed by atoms with van der Waals surface area (Å²) in [4.78, 5) is 12.1. The zero-order chi connectivity index (χ0) is 11.2. The lowest BCUT2D eigenvalue weighted by Crippen LogP contribution is -2.36. The Balaban J connectivity index is 1.87. The molecule has 0 heterocycles. The Kier molecular flexibility index (Phi) is 2.03. The summed E-state index contributed by atoms with van der Waals surface area (Å²) in [5.74, 6) is -0.244. The van der Waals surface area contributed by atoms with Gasteiger partial charge >= 0.3 is 0 Å². The van der Waals surface area contributed by atoms with E-state index in [9.17, 15) is 9.18 Å². The van der Waals surface area contributed by atoms with Gasteiger partial charge in [0.2, 0.25) is 5.91 Å². The molecule has 2 aliphatic carbocycles. The average molecular weight is 219 g/mol. The van der Waals surface area contributed by atoms with Gasteiger partial charge in [0, 0.05) is 11.6 Å². The summed E-state index contributed by atoms with van der Waals surface area (Å²) in [5.41, 5.74) is 0.00153. The van der Waals surface area contributed by atoms with Gasteiger partial charge in [-0.05, 0) is 31.7 Å². The van der Waals surface area contributed by atoms with Crippen molar-refractivity contribution in [3.63, 3.8) is 0 Å². The second kappa shape index (κ2) is 3.30. The lowest BCUT2D eigenvalue weighted by atomic mass is 9.94. The number of carbonyl (C=O) groups excluding carboxylic acids is 1. The molecule has 0 bridgehead atoms. The minimum Gasteiger partial charge on any atom is -0.353 e. The summed E-state index contributed by atoms with van der Waals surface area (Å²) < 4.78 is 13.7. The first kappa shape index (κ1) is 9.82. The van der Waals surface area contributed by atoms with Crippen LogP contribution >= 0.6 is 0 Å². The van der Waals surface area contributed by atoms with Crippen molar-refractivity contribution in [3.8, 4) is 0 Å². The molecule has 3 rings (SSSR count). The second-order valence-corrected chi connectivity index (χ2v) is 4.81. The molecule has 2 fully saturated rings. The number of halogens is 1. The predicted octanol–water partition coefficient (Wildman–Crippen LogP) is 2.14. The van der Waals surface area contributed by atoms with E-state index in [1.807, 2.05) is 0 Å². The molecule has 2 nitrogen and oxygen atoms in total. The molecule has 0 atom stereocenters. The molecular weight excluding hydrogens is 205 g/mol. The highest BCUT2D eigenvalue weighted by molar-refractivity contribution is 5.91. The Bertz CT molecular complexity index is 435. The van der Waals surface area contributed by atoms with Crippen LogP contribution in [0.5, 0.6) is 0 Å². The third kappa shape index (κ3) is 1.51. The fourth-order valence-electron chi connectivity index (χ4n) is 2.14. The van der Waals surface area contributed by atoms with Crippen molar-refractivity contribution in [2.45, 2.75) is 37.1 Å². The summed E-state index contributed by atoms with van der Waals surface area (Å²) in [6.45, 7) is 0. The van der Waals surface area contributed by atoms with Crippen molar-refractivity contribution in [2.24, 2.45) is 0 Å². The van der Waals surface area contributed by atoms with Gasteiger partial charge < -0.3 is 5.32 Å². The van der Waals surface area contributed by atoms with Crippen LogP contribution in [0.25, 0.3) is 0 Å². The van der Waals surface area contributed by atoms with Gasteiger partial charge in [0.05, 0.1) is 5.41 Å². The highest BCUT2D eigenvalue weighted by Gasteiger charge is 2.53. The molecule has 0 aliphatic heterocycles. The van der Waals surface area contributed by atoms with Crippen LogP contribution in [-0.4, -0.2) is 11.9 Å². The Morgan fingerprint density at radius 1 is 1.31 bits per heavy atom. The van der Waals surface area contributed by atoms with Crippen molar-refractivity contribution in [1.29, 1.82) is 0 Å². The molecule has 16 heavy (non-hydrogen) atoms. The summed E-state index contributed by atoms with van der Waals surface area (Å²) >= 11 is 0. The van der Waals surface area contributed by atoms with Crippen molar-refractivity contribution >= 4 is 5.91 Å². The van der Waals surface area contributed by atoms with E-state index in [0.29, 0.717) is 11.6 Å². The van der Waals surface area contributed by atoms with Crippen molar-refractivity contribution in [2.75, 3.05) is 0 Å². The van der Waals surface area contributed by atoms with Gasteiger partial charge in [0.15, 0.2) is 0 Å². The molecule has 0 aromatic heterocycles. The molecule has 0 radical (unpaired) electrons. The minimum atomic E-state index is -0.562. The number of hydrogen-bond donors (Lipinski definition) is 1. The number of benzene rings is 1. The maximum absolute atomic E-state index is 13.7. The van der Waals surface area contributed by atoms with Gasteiger partial charge in [-0.25, -0.2) is 4.39 Å². The van der Waals surface area contributed by atoms with Crippen LogP contribution in [-0.2, 0) is 10.2 Å². The van der Waals surface area contributed by atoms with E-state index in [1.165, 1.54) is 6.07 Å². The number of rotatable bonds is 3. The smallest absolute Gasteiger partial charge is 0.230 e. The third-order valence-electron chi connectivity index (χ3n) is 3.49. The van der Waals surface area contributed by atoms with E-state index in [4.69, 9.17) is 0 Å². The van der Waals surface area contributed by atoms with Crippen LogP contribution in [0.3, 0.4) is 0 Å². The SMILES string of the molecule is O=C(NC1CC1)C1(c2ccccc2F)CC1. The van der Waals surface area contributed by atoms with Crippen LogP contribution in [0.15, 0.2) is 24.3 Å². The lowest BCUT2D eigenvalue weighted by Gasteiger charge is -2.16. The summed E-state index contributed by atoms with van der Waals surface area (Å²) in [7, 11) is 0. The molecule has 1 amide bonds. The van der Waals surface area contributed by atoms with E-state index < -0.39 is 5.41 Å². The monoisotopic (exact) mass is 219 g/mol. The lowest BCUT2D eigenvalue weighted by molar-refractivity contribution is -0.123. The van der Waals surface area contributed by atoms with Gasteiger partial charge in [-0.15, -0.1) is 0 Å². The van der Waals surface area contributed by atoms with E-state index in [-0.39, 0.29) is 11.7 Å². The zero-order valence-electron chi connectivity index (χ0n) is 9.00. The standard InChI is InChI=1S/C13H14FNO/c14-11-4-2-1-3-10(11)13(7-8-13)12(16)15-9-5-6-9/h1-4,9H,5-8H2,(H,15,16). The summed E-state index contributed by atoms with van der Waals surface area (Å²) in [5, 5.41) is 2.98. The number of hydrogen-bond acceptors (Lipinski definition) is 1. The van der Waals surface area contributed by atoms with Crippen LogP contribution in [0.4, 0.5) is 4.39 Å². The third-order valence-corrected chi connectivity index (χ3v) is 3.49. The molecule has 2 saturated carbocycles. The van der Waals surface area contributed by atoms with Crippen molar-refractivity contribution in [3.05, 3.63) is 35.6 Å². The maximum atomic E-state index is 13.7. The van der Waals surface area contributed by atoms with E-state index in [1.54, 1.807) is 18.2 Å². The molecule has 1 N–H and O–H groups in total. The molecular formula is C13H14FNO. The molecule has 84 valence electrons. The Labute approximate surface area is 93.9 Å². The van der Waals surface area contributed by atoms with Gasteiger partial charge in [-0.1, -0.05) is 18.2 Å². The fraction of sp³-hybridized carbons (Fsp3) is 0.462. The second-order valence-electron chi connectivity index (χ2n) is 4.81. The van der Waals surface area contributed by atoms with Gasteiger partial charge in [0.1, 0.15) is 5.82 Å². The topological polar surface area (TPSA) is 29.1 Å². The number of carbonyl (C=O) groups is 1. The average Bonchev–Trinajstić information content (AvgIpc) is 3.13. The fourth-order valence-corrected chi connectivity index (χ4v) is 2.14. The molecule has 1 aromatic rings. The first-order chi connectivity index (χ1) is 7.72. The molecule has 0 saturated heterocycles. The van der Waals surface area contributed by atoms with Crippen molar-refractivity contribution in [1.82, 2.24) is 5.32 Å². The van der Waals surface area contributed by atoms with Crippen LogP contribution in [0.1, 0.15) is 31.2 Å². The quantitative estimate of drug-likeness (QED) is 0.829. The molecule has 0 spiro atoms. The highest BCUT2D eigenvalue weighted by Crippen LogP contribution is 2.49. The van der Waals surface area contributed by atoms with Crippen LogP contribution in [0.2, 0.25) is 0 Å². The molecule has 0 unspecified atom stereocenters. The number of amides is 1. The van der Waals surface area contributed by atoms with Gasteiger partial charge in [0.25, 0.3) is 0 Å². The van der Waals surface area contributed by atoms with E-state index in [2.05, 4.69) is 5.32 Å². The van der Waals surface area contributed by atoms with E-state index in [0.717, 1.165) is 25.7 Å². The summed E-state index contributed by atoms with van der Waals surface area (Å²) in [6.07, 6.45) is 3.68. The minimum absolute atomic E-state index is 0.0140. The van der Waals surface area contributed by atoms with Gasteiger partial charge in [-0.2, -0.15) is 0 Å². The Morgan fingerprint density at radius 3 is 2.56 bits per heavy atom. The van der Waals surface area contributed by atoms with E-state index >= 15 is 0 Å². The largest absolute Gasteiger partial charge is 0.353 e.